The number of carbonyl (C=O) groups is 3. The van der Waals surface area contributed by atoms with Gasteiger partial charge in [-0.15, -0.1) is 0 Å². The van der Waals surface area contributed by atoms with Crippen LogP contribution in [0.2, 0.25) is 0 Å². The fourth-order valence-corrected chi connectivity index (χ4v) is 4.05. The summed E-state index contributed by atoms with van der Waals surface area (Å²) in [5.41, 5.74) is 0. The standard InChI is InChI=1S/C14H21N3O4/c1-8(18)15-9-4-5-16(7-9)14(21)17-10-2-3-12(17)11(6-10)13(19)20/h9-12H,2-7H2,1H3,(H,15,18)(H,19,20). The molecule has 0 aliphatic carbocycles. The zero-order valence-corrected chi connectivity index (χ0v) is 12.1. The lowest BCUT2D eigenvalue weighted by atomic mass is 9.89. The predicted octanol–water partition coefficient (Wildman–Crippen LogP) is 0.254. The minimum Gasteiger partial charge on any atom is -0.481 e. The zero-order valence-electron chi connectivity index (χ0n) is 12.1. The van der Waals surface area contributed by atoms with Gasteiger partial charge in [-0.25, -0.2) is 4.79 Å². The number of carbonyl (C=O) groups excluding carboxylic acids is 2. The first-order chi connectivity index (χ1) is 9.97. The van der Waals surface area contributed by atoms with Crippen molar-refractivity contribution in [3.05, 3.63) is 0 Å². The van der Waals surface area contributed by atoms with E-state index in [1.54, 1.807) is 9.80 Å². The molecule has 21 heavy (non-hydrogen) atoms. The predicted molar refractivity (Wildman–Crippen MR) is 73.6 cm³/mol. The molecule has 3 aliphatic rings. The monoisotopic (exact) mass is 295 g/mol. The van der Waals surface area contributed by atoms with Gasteiger partial charge in [0.25, 0.3) is 0 Å². The Bertz CT molecular complexity index is 481. The highest BCUT2D eigenvalue weighted by atomic mass is 16.4. The van der Waals surface area contributed by atoms with Crippen LogP contribution in [0.15, 0.2) is 0 Å². The average Bonchev–Trinajstić information content (AvgIpc) is 3.10. The molecule has 0 spiro atoms. The molecule has 0 radical (unpaired) electrons. The van der Waals surface area contributed by atoms with Crippen LogP contribution in [0.3, 0.4) is 0 Å². The first kappa shape index (κ1) is 14.2. The smallest absolute Gasteiger partial charge is 0.320 e. The van der Waals surface area contributed by atoms with Crippen molar-refractivity contribution >= 4 is 17.9 Å². The van der Waals surface area contributed by atoms with Crippen molar-refractivity contribution in [3.8, 4) is 0 Å². The lowest BCUT2D eigenvalue weighted by molar-refractivity contribution is -0.142. The maximum Gasteiger partial charge on any atom is 0.320 e. The number of carboxylic acids is 1. The molecule has 7 nitrogen and oxygen atoms in total. The minimum atomic E-state index is -0.794. The van der Waals surface area contributed by atoms with Gasteiger partial charge < -0.3 is 20.2 Å². The zero-order chi connectivity index (χ0) is 15.1. The van der Waals surface area contributed by atoms with Crippen LogP contribution < -0.4 is 5.32 Å². The molecule has 3 fully saturated rings. The Hall–Kier alpha value is -1.79. The minimum absolute atomic E-state index is 0.0157. The second-order valence-electron chi connectivity index (χ2n) is 6.30. The molecule has 2 N–H and O–H groups in total. The summed E-state index contributed by atoms with van der Waals surface area (Å²) in [7, 11) is 0. The van der Waals surface area contributed by atoms with Gasteiger partial charge in [-0.2, -0.15) is 0 Å². The number of likely N-dealkylation sites (tertiary alicyclic amines) is 1. The molecule has 2 bridgehead atoms. The van der Waals surface area contributed by atoms with E-state index in [1.165, 1.54) is 6.92 Å². The van der Waals surface area contributed by atoms with Crippen LogP contribution in [0.5, 0.6) is 0 Å². The largest absolute Gasteiger partial charge is 0.481 e. The third kappa shape index (κ3) is 2.45. The van der Waals surface area contributed by atoms with Crippen molar-refractivity contribution in [2.24, 2.45) is 5.92 Å². The van der Waals surface area contributed by atoms with Gasteiger partial charge in [0, 0.05) is 38.1 Å². The molecule has 0 aromatic heterocycles. The fourth-order valence-electron chi connectivity index (χ4n) is 4.05. The van der Waals surface area contributed by atoms with E-state index in [0.29, 0.717) is 19.5 Å². The first-order valence-corrected chi connectivity index (χ1v) is 7.54. The van der Waals surface area contributed by atoms with Gasteiger partial charge in [0.05, 0.1) is 5.92 Å². The lowest BCUT2D eigenvalue weighted by Gasteiger charge is -2.28. The lowest BCUT2D eigenvalue weighted by Crippen LogP contribution is -2.47. The van der Waals surface area contributed by atoms with E-state index in [0.717, 1.165) is 19.3 Å². The maximum absolute atomic E-state index is 12.7. The summed E-state index contributed by atoms with van der Waals surface area (Å²) in [6, 6.07) is -0.121. The fraction of sp³-hybridized carbons (Fsp3) is 0.786. The SMILES string of the molecule is CC(=O)NC1CCN(C(=O)N2C3CCC2C(C(=O)O)C3)C1. The van der Waals surface area contributed by atoms with Crippen molar-refractivity contribution in [2.45, 2.75) is 50.7 Å². The van der Waals surface area contributed by atoms with Crippen LogP contribution in [0.25, 0.3) is 0 Å². The third-order valence-electron chi connectivity index (χ3n) is 4.94. The first-order valence-electron chi connectivity index (χ1n) is 7.54. The second kappa shape index (κ2) is 5.20. The van der Waals surface area contributed by atoms with E-state index in [9.17, 15) is 19.5 Å². The van der Waals surface area contributed by atoms with Crippen molar-refractivity contribution < 1.29 is 19.5 Å². The molecule has 3 aliphatic heterocycles. The number of hydrogen-bond acceptors (Lipinski definition) is 3. The Balaban J connectivity index is 1.64. The molecule has 3 saturated heterocycles. The molecule has 3 heterocycles. The number of nitrogens with one attached hydrogen (secondary N) is 1. The van der Waals surface area contributed by atoms with E-state index < -0.39 is 11.9 Å². The number of nitrogens with zero attached hydrogens (tertiary/aromatic N) is 2. The Labute approximate surface area is 123 Å². The maximum atomic E-state index is 12.7. The topological polar surface area (TPSA) is 90.0 Å². The highest BCUT2D eigenvalue weighted by Gasteiger charge is 2.52. The van der Waals surface area contributed by atoms with Crippen molar-refractivity contribution in [2.75, 3.05) is 13.1 Å². The van der Waals surface area contributed by atoms with Crippen molar-refractivity contribution in [1.82, 2.24) is 15.1 Å². The van der Waals surface area contributed by atoms with E-state index in [1.807, 2.05) is 0 Å². The Kier molecular flexibility index (Phi) is 3.51. The van der Waals surface area contributed by atoms with Gasteiger partial charge >= 0.3 is 12.0 Å². The summed E-state index contributed by atoms with van der Waals surface area (Å²) in [5.74, 6) is -1.29. The van der Waals surface area contributed by atoms with Gasteiger partial charge in [0.2, 0.25) is 5.91 Å². The summed E-state index contributed by atoms with van der Waals surface area (Å²) < 4.78 is 0. The Morgan fingerprint density at radius 3 is 2.57 bits per heavy atom. The molecule has 3 rings (SSSR count). The summed E-state index contributed by atoms with van der Waals surface area (Å²) in [5, 5.41) is 12.1. The highest BCUT2D eigenvalue weighted by Crippen LogP contribution is 2.42. The molecule has 3 amide bonds. The molecule has 7 heteroatoms. The molecule has 0 aromatic carbocycles. The van der Waals surface area contributed by atoms with Gasteiger partial charge in [-0.05, 0) is 25.7 Å². The van der Waals surface area contributed by atoms with Crippen LogP contribution in [-0.2, 0) is 9.59 Å². The van der Waals surface area contributed by atoms with Crippen molar-refractivity contribution in [1.29, 1.82) is 0 Å². The number of fused-ring (bicyclic) bond motifs is 2. The van der Waals surface area contributed by atoms with E-state index >= 15 is 0 Å². The van der Waals surface area contributed by atoms with E-state index in [2.05, 4.69) is 5.32 Å². The molecule has 4 atom stereocenters. The van der Waals surface area contributed by atoms with Gasteiger partial charge in [-0.1, -0.05) is 0 Å². The Morgan fingerprint density at radius 2 is 1.95 bits per heavy atom. The Morgan fingerprint density at radius 1 is 1.19 bits per heavy atom. The van der Waals surface area contributed by atoms with E-state index in [-0.39, 0.29) is 30.1 Å². The average molecular weight is 295 g/mol. The van der Waals surface area contributed by atoms with Crippen LogP contribution >= 0.6 is 0 Å². The molecule has 0 aromatic rings. The quantitative estimate of drug-likeness (QED) is 0.764. The normalized spacial score (nSPS) is 34.3. The second-order valence-corrected chi connectivity index (χ2v) is 6.30. The van der Waals surface area contributed by atoms with Gasteiger partial charge in [0.1, 0.15) is 0 Å². The number of rotatable bonds is 2. The molecule has 4 unspecified atom stereocenters. The number of carboxylic acid groups (broad SMARTS) is 1. The van der Waals surface area contributed by atoms with Crippen LogP contribution in [0.4, 0.5) is 4.79 Å². The third-order valence-corrected chi connectivity index (χ3v) is 4.94. The van der Waals surface area contributed by atoms with E-state index in [4.69, 9.17) is 0 Å². The van der Waals surface area contributed by atoms with Gasteiger partial charge in [0.15, 0.2) is 0 Å². The number of aliphatic carboxylic acids is 1. The molecule has 116 valence electrons. The van der Waals surface area contributed by atoms with Crippen LogP contribution in [0, 0.1) is 5.92 Å². The van der Waals surface area contributed by atoms with Crippen molar-refractivity contribution in [3.63, 3.8) is 0 Å². The molecular weight excluding hydrogens is 274 g/mol. The van der Waals surface area contributed by atoms with Crippen LogP contribution in [-0.4, -0.2) is 64.0 Å². The summed E-state index contributed by atoms with van der Waals surface area (Å²) in [4.78, 5) is 38.5. The summed E-state index contributed by atoms with van der Waals surface area (Å²) in [6.45, 7) is 2.62. The number of amides is 3. The number of hydrogen-bond donors (Lipinski definition) is 2. The summed E-state index contributed by atoms with van der Waals surface area (Å²) >= 11 is 0. The highest BCUT2D eigenvalue weighted by molar-refractivity contribution is 5.80. The molecular formula is C14H21N3O4. The number of urea groups is 1. The summed E-state index contributed by atoms with van der Waals surface area (Å²) in [6.07, 6.45) is 3.03. The molecule has 0 saturated carbocycles. The van der Waals surface area contributed by atoms with Gasteiger partial charge in [-0.3, -0.25) is 9.59 Å². The van der Waals surface area contributed by atoms with Crippen LogP contribution in [0.1, 0.15) is 32.6 Å².